The predicted octanol–water partition coefficient (Wildman–Crippen LogP) is -1.42. The lowest BCUT2D eigenvalue weighted by molar-refractivity contribution is -0.893. The van der Waals surface area contributed by atoms with Crippen molar-refractivity contribution in [2.75, 3.05) is 6.61 Å². The summed E-state index contributed by atoms with van der Waals surface area (Å²) in [5.41, 5.74) is 0. The van der Waals surface area contributed by atoms with Gasteiger partial charge in [-0.1, -0.05) is 0 Å². The van der Waals surface area contributed by atoms with E-state index in [0.29, 0.717) is 0 Å². The van der Waals surface area contributed by atoms with E-state index in [1.807, 2.05) is 0 Å². The van der Waals surface area contributed by atoms with Crippen molar-refractivity contribution in [1.82, 2.24) is 0 Å². The average molecular weight is 135 g/mol. The molecular weight excluding hydrogens is 124 g/mol. The fraction of sp³-hybridized carbons (Fsp3) is 0.667. The standard InChI is InChI=1S/C3H11N4O2/c1-2-9-3(8)7(4,5)6/h2,4-6H2,1H3/q+1. The molecule has 54 valence electrons. The molecule has 0 aromatic carbocycles. The van der Waals surface area contributed by atoms with Crippen LogP contribution in [0.3, 0.4) is 0 Å². The molecule has 0 spiro atoms. The average Bonchev–Trinajstić information content (AvgIpc) is 1.64. The molecule has 0 aliphatic rings. The van der Waals surface area contributed by atoms with Crippen LogP contribution in [0.15, 0.2) is 0 Å². The highest BCUT2D eigenvalue weighted by Crippen LogP contribution is 1.83. The maximum absolute atomic E-state index is 10.4. The fourth-order valence-electron chi connectivity index (χ4n) is 0.235. The zero-order valence-corrected chi connectivity index (χ0v) is 5.20. The van der Waals surface area contributed by atoms with Crippen molar-refractivity contribution in [1.29, 1.82) is 0 Å². The Morgan fingerprint density at radius 2 is 2.00 bits per heavy atom. The van der Waals surface area contributed by atoms with Crippen LogP contribution in [-0.4, -0.2) is 17.5 Å². The topological polar surface area (TPSA) is 104 Å². The molecule has 0 saturated heterocycles. The molecule has 0 aromatic rings. The summed E-state index contributed by atoms with van der Waals surface area (Å²) in [7, 11) is 0. The largest absolute Gasteiger partial charge is 0.577 e. The Balaban J connectivity index is 3.74. The third-order valence-corrected chi connectivity index (χ3v) is 0.584. The summed E-state index contributed by atoms with van der Waals surface area (Å²) in [4.78, 5) is 9.17. The van der Waals surface area contributed by atoms with E-state index in [1.165, 1.54) is 0 Å². The van der Waals surface area contributed by atoms with E-state index in [2.05, 4.69) is 4.74 Å². The van der Waals surface area contributed by atoms with E-state index in [1.54, 1.807) is 6.92 Å². The van der Waals surface area contributed by atoms with Crippen molar-refractivity contribution in [3.8, 4) is 0 Å². The smallest absolute Gasteiger partial charge is 0.416 e. The summed E-state index contributed by atoms with van der Waals surface area (Å²) in [5.74, 6) is 14.7. The van der Waals surface area contributed by atoms with Crippen LogP contribution in [0.25, 0.3) is 0 Å². The van der Waals surface area contributed by atoms with Gasteiger partial charge in [-0.05, 0) is 11.7 Å². The zero-order chi connectivity index (χ0) is 7.49. The number of hydrogen-bond acceptors (Lipinski definition) is 5. The summed E-state index contributed by atoms with van der Waals surface area (Å²) < 4.78 is 4.36. The quantitative estimate of drug-likeness (QED) is 0.177. The SMILES string of the molecule is CCOC(=O)[N+](N)(N)N. The number of nitrogens with two attached hydrogens (primary N) is 3. The van der Waals surface area contributed by atoms with E-state index in [4.69, 9.17) is 17.5 Å². The number of hydrogen-bond donors (Lipinski definition) is 3. The van der Waals surface area contributed by atoms with Gasteiger partial charge in [-0.3, -0.25) is 0 Å². The molecule has 6 N–H and O–H groups in total. The highest BCUT2D eigenvalue weighted by Gasteiger charge is 2.26. The molecule has 0 aliphatic carbocycles. The second-order valence-corrected chi connectivity index (χ2v) is 1.53. The van der Waals surface area contributed by atoms with Crippen molar-refractivity contribution in [3.63, 3.8) is 0 Å². The summed E-state index contributed by atoms with van der Waals surface area (Å²) in [6.07, 6.45) is -0.863. The van der Waals surface area contributed by atoms with Crippen LogP contribution in [0.5, 0.6) is 0 Å². The van der Waals surface area contributed by atoms with Crippen molar-refractivity contribution < 1.29 is 14.3 Å². The molecule has 0 rings (SSSR count). The van der Waals surface area contributed by atoms with Gasteiger partial charge in [-0.25, -0.2) is 0 Å². The molecule has 0 radical (unpaired) electrons. The summed E-state index contributed by atoms with van der Waals surface area (Å²) in [6.45, 7) is 1.85. The first-order valence-electron chi connectivity index (χ1n) is 2.40. The first kappa shape index (κ1) is 8.31. The number of quaternary nitrogens is 1. The third kappa shape index (κ3) is 2.98. The molecular formula is C3H11N4O2+. The molecule has 6 heteroatoms. The number of rotatable bonds is 1. The zero-order valence-electron chi connectivity index (χ0n) is 5.20. The third-order valence-electron chi connectivity index (χ3n) is 0.584. The van der Waals surface area contributed by atoms with Crippen molar-refractivity contribution in [3.05, 3.63) is 0 Å². The van der Waals surface area contributed by atoms with Gasteiger partial charge in [0.2, 0.25) is 0 Å². The van der Waals surface area contributed by atoms with Gasteiger partial charge in [0.05, 0.1) is 6.61 Å². The van der Waals surface area contributed by atoms with Gasteiger partial charge in [0.25, 0.3) is 0 Å². The van der Waals surface area contributed by atoms with Gasteiger partial charge < -0.3 is 4.74 Å². The monoisotopic (exact) mass is 135 g/mol. The van der Waals surface area contributed by atoms with Gasteiger partial charge in [-0.15, -0.1) is 17.5 Å². The minimum absolute atomic E-state index is 0.213. The Labute approximate surface area is 52.6 Å². The van der Waals surface area contributed by atoms with Crippen LogP contribution in [-0.2, 0) is 4.74 Å². The second kappa shape index (κ2) is 2.74. The number of ether oxygens (including phenoxy) is 1. The molecule has 0 aromatic heterocycles. The molecule has 0 bridgehead atoms. The van der Waals surface area contributed by atoms with E-state index in [-0.39, 0.29) is 6.61 Å². The van der Waals surface area contributed by atoms with Crippen LogP contribution in [0.1, 0.15) is 6.92 Å². The van der Waals surface area contributed by atoms with E-state index >= 15 is 0 Å². The van der Waals surface area contributed by atoms with Gasteiger partial charge in [0.1, 0.15) is 0 Å². The van der Waals surface area contributed by atoms with Crippen LogP contribution in [0.4, 0.5) is 4.79 Å². The Hall–Kier alpha value is -0.690. The molecule has 0 aliphatic heterocycles. The second-order valence-electron chi connectivity index (χ2n) is 1.53. The maximum Gasteiger partial charge on any atom is 0.577 e. The number of amides is 1. The maximum atomic E-state index is 10.4. The molecule has 6 nitrogen and oxygen atoms in total. The first-order valence-corrected chi connectivity index (χ1v) is 2.40. The summed E-state index contributed by atoms with van der Waals surface area (Å²) in [5, 5.41) is 0. The summed E-state index contributed by atoms with van der Waals surface area (Å²) in [6, 6.07) is 0. The number of nitrogens with zero attached hydrogens (tertiary/aromatic N) is 1. The van der Waals surface area contributed by atoms with Crippen LogP contribution in [0, 0.1) is 0 Å². The molecule has 0 heterocycles. The van der Waals surface area contributed by atoms with Gasteiger partial charge in [0, 0.05) is 0 Å². The van der Waals surface area contributed by atoms with Gasteiger partial charge >= 0.3 is 6.09 Å². The van der Waals surface area contributed by atoms with Gasteiger partial charge in [-0.2, -0.15) is 4.79 Å². The van der Waals surface area contributed by atoms with E-state index < -0.39 is 10.9 Å². The molecule has 0 saturated carbocycles. The van der Waals surface area contributed by atoms with Crippen molar-refractivity contribution in [2.24, 2.45) is 17.5 Å². The lowest BCUT2D eigenvalue weighted by Gasteiger charge is -2.13. The van der Waals surface area contributed by atoms with E-state index in [9.17, 15) is 4.79 Å². The minimum Gasteiger partial charge on any atom is -0.416 e. The molecule has 9 heavy (non-hydrogen) atoms. The Kier molecular flexibility index (Phi) is 2.53. The van der Waals surface area contributed by atoms with Crippen molar-refractivity contribution >= 4 is 6.09 Å². The lowest BCUT2D eigenvalue weighted by atomic mass is 10.9. The van der Waals surface area contributed by atoms with Crippen LogP contribution < -0.4 is 17.5 Å². The Morgan fingerprint density at radius 1 is 1.56 bits per heavy atom. The molecule has 0 unspecified atom stereocenters. The number of carbonyl (C=O) groups excluding carboxylic acids is 1. The summed E-state index contributed by atoms with van der Waals surface area (Å²) >= 11 is 0. The van der Waals surface area contributed by atoms with E-state index in [0.717, 1.165) is 0 Å². The van der Waals surface area contributed by atoms with Crippen LogP contribution >= 0.6 is 0 Å². The number of carbonyl (C=O) groups is 1. The Bertz CT molecular complexity index is 107. The Morgan fingerprint density at radius 3 is 2.11 bits per heavy atom. The normalized spacial score (nSPS) is 11.1. The fourth-order valence-corrected chi connectivity index (χ4v) is 0.235. The van der Waals surface area contributed by atoms with Crippen molar-refractivity contribution in [2.45, 2.75) is 6.92 Å². The molecule has 0 atom stereocenters. The lowest BCUT2D eigenvalue weighted by Crippen LogP contribution is -2.69. The highest BCUT2D eigenvalue weighted by atomic mass is 16.6. The molecule has 1 amide bonds. The van der Waals surface area contributed by atoms with Gasteiger partial charge in [0.15, 0.2) is 0 Å². The van der Waals surface area contributed by atoms with Crippen LogP contribution in [0.2, 0.25) is 0 Å². The highest BCUT2D eigenvalue weighted by molar-refractivity contribution is 5.58. The predicted molar refractivity (Wildman–Crippen MR) is 29.8 cm³/mol. The first-order chi connectivity index (χ1) is 3.98. The molecule has 0 fully saturated rings. The minimum atomic E-state index is -1.27.